The van der Waals surface area contributed by atoms with E-state index in [4.69, 9.17) is 4.42 Å². The second-order valence-corrected chi connectivity index (χ2v) is 8.79. The van der Waals surface area contributed by atoms with Crippen LogP contribution in [-0.2, 0) is 11.0 Å². The molecule has 1 aromatic heterocycles. The van der Waals surface area contributed by atoms with Crippen LogP contribution in [0.15, 0.2) is 63.4 Å². The summed E-state index contributed by atoms with van der Waals surface area (Å²) in [7, 11) is 0. The second kappa shape index (κ2) is 7.16. The van der Waals surface area contributed by atoms with Crippen LogP contribution in [0.5, 0.6) is 0 Å². The first kappa shape index (κ1) is 21.0. The van der Waals surface area contributed by atoms with Crippen LogP contribution in [0.4, 0.5) is 13.2 Å². The average Bonchev–Trinajstić information content (AvgIpc) is 3.15. The number of nitrogens with one attached hydrogen (secondary N) is 1. The Bertz CT molecular complexity index is 1180. The van der Waals surface area contributed by atoms with Crippen LogP contribution >= 0.6 is 0 Å². The largest absolute Gasteiger partial charge is 0.460 e. The quantitative estimate of drug-likeness (QED) is 0.631. The number of benzene rings is 1. The number of allylic oxidation sites excluding steroid dienone is 4. The number of nitriles is 1. The van der Waals surface area contributed by atoms with Gasteiger partial charge in [-0.25, -0.2) is 0 Å². The summed E-state index contributed by atoms with van der Waals surface area (Å²) in [6.07, 6.45) is -3.58. The zero-order valence-corrected chi connectivity index (χ0v) is 17.4. The fraction of sp³-hybridized carbons (Fsp3) is 0.333. The molecule has 1 unspecified atom stereocenters. The molecule has 1 N–H and O–H groups in total. The van der Waals surface area contributed by atoms with Crippen LogP contribution in [0, 0.1) is 16.7 Å². The highest BCUT2D eigenvalue weighted by Gasteiger charge is 2.42. The highest BCUT2D eigenvalue weighted by Crippen LogP contribution is 2.47. The van der Waals surface area contributed by atoms with Gasteiger partial charge >= 0.3 is 6.18 Å². The number of rotatable bonds is 2. The third-order valence-corrected chi connectivity index (χ3v) is 5.77. The van der Waals surface area contributed by atoms with Crippen molar-refractivity contribution in [3.8, 4) is 17.4 Å². The highest BCUT2D eigenvalue weighted by molar-refractivity contribution is 6.00. The summed E-state index contributed by atoms with van der Waals surface area (Å²) in [6, 6.07) is 10.3. The first-order chi connectivity index (χ1) is 14.5. The third-order valence-electron chi connectivity index (χ3n) is 5.77. The van der Waals surface area contributed by atoms with Gasteiger partial charge in [-0.2, -0.15) is 18.4 Å². The predicted molar refractivity (Wildman–Crippen MR) is 108 cm³/mol. The number of ketones is 1. The number of carbonyl (C=O) groups excluding carboxylic acids is 1. The maximum absolute atomic E-state index is 13.5. The van der Waals surface area contributed by atoms with Crippen molar-refractivity contribution in [2.45, 2.75) is 45.7 Å². The molecule has 0 spiro atoms. The Morgan fingerprint density at radius 1 is 1.16 bits per heavy atom. The number of Topliss-reactive ketones (excluding diaryl/α,β-unsaturated/α-hetero) is 1. The van der Waals surface area contributed by atoms with Crippen molar-refractivity contribution in [3.63, 3.8) is 0 Å². The Hall–Kier alpha value is -3.27. The molecule has 2 aliphatic rings. The van der Waals surface area contributed by atoms with Gasteiger partial charge < -0.3 is 9.73 Å². The Morgan fingerprint density at radius 2 is 1.87 bits per heavy atom. The summed E-state index contributed by atoms with van der Waals surface area (Å²) in [4.78, 5) is 13.0. The maximum Gasteiger partial charge on any atom is 0.417 e. The molecule has 0 bridgehead atoms. The topological polar surface area (TPSA) is 66.0 Å². The van der Waals surface area contributed by atoms with E-state index in [-0.39, 0.29) is 28.3 Å². The molecule has 160 valence electrons. The molecule has 31 heavy (non-hydrogen) atoms. The van der Waals surface area contributed by atoms with Gasteiger partial charge in [0.05, 0.1) is 23.1 Å². The van der Waals surface area contributed by atoms with Crippen molar-refractivity contribution in [2.75, 3.05) is 0 Å². The molecule has 0 amide bonds. The summed E-state index contributed by atoms with van der Waals surface area (Å²) in [5.74, 6) is -0.499. The number of hydrogen-bond donors (Lipinski definition) is 1. The Labute approximate surface area is 178 Å². The van der Waals surface area contributed by atoms with Crippen molar-refractivity contribution in [2.24, 2.45) is 5.41 Å². The fourth-order valence-electron chi connectivity index (χ4n) is 4.47. The van der Waals surface area contributed by atoms with Crippen LogP contribution in [0.25, 0.3) is 11.3 Å². The van der Waals surface area contributed by atoms with Crippen molar-refractivity contribution in [1.82, 2.24) is 5.32 Å². The molecule has 0 radical (unpaired) electrons. The van der Waals surface area contributed by atoms with Gasteiger partial charge in [-0.15, -0.1) is 0 Å². The van der Waals surface area contributed by atoms with E-state index in [1.165, 1.54) is 24.3 Å². The molecule has 4 rings (SSSR count). The van der Waals surface area contributed by atoms with Crippen LogP contribution in [0.3, 0.4) is 0 Å². The molecule has 1 aliphatic heterocycles. The van der Waals surface area contributed by atoms with E-state index >= 15 is 0 Å². The molecular formula is C24H21F3N2O2. The number of halogens is 3. The Morgan fingerprint density at radius 3 is 2.55 bits per heavy atom. The van der Waals surface area contributed by atoms with Gasteiger partial charge in [0.1, 0.15) is 11.5 Å². The molecule has 2 heterocycles. The number of nitrogens with zero attached hydrogens (tertiary/aromatic N) is 1. The SMILES string of the molecule is CC1=C(C#N)C(c2ccc(-c3ccccc3C(F)(F)F)o2)C2=C(CC(C)(C)CC2=O)N1. The summed E-state index contributed by atoms with van der Waals surface area (Å²) >= 11 is 0. The lowest BCUT2D eigenvalue weighted by Crippen LogP contribution is -2.36. The highest BCUT2D eigenvalue weighted by atomic mass is 19.4. The van der Waals surface area contributed by atoms with Crippen LogP contribution < -0.4 is 5.32 Å². The molecule has 0 saturated heterocycles. The molecule has 1 atom stereocenters. The van der Waals surface area contributed by atoms with Crippen molar-refractivity contribution < 1.29 is 22.4 Å². The minimum absolute atomic E-state index is 0.0436. The molecule has 0 fully saturated rings. The lowest BCUT2D eigenvalue weighted by Gasteiger charge is -2.38. The first-order valence-corrected chi connectivity index (χ1v) is 9.92. The van der Waals surface area contributed by atoms with Crippen molar-refractivity contribution in [1.29, 1.82) is 5.26 Å². The average molecular weight is 426 g/mol. The summed E-state index contributed by atoms with van der Waals surface area (Å²) in [5.41, 5.74) is 1.05. The lowest BCUT2D eigenvalue weighted by molar-refractivity contribution is -0.137. The van der Waals surface area contributed by atoms with E-state index in [1.807, 2.05) is 13.8 Å². The van der Waals surface area contributed by atoms with E-state index < -0.39 is 17.7 Å². The van der Waals surface area contributed by atoms with Gasteiger partial charge in [0.2, 0.25) is 0 Å². The number of furan rings is 1. The summed E-state index contributed by atoms with van der Waals surface area (Å²) in [5, 5.41) is 13.0. The number of alkyl halides is 3. The number of hydrogen-bond acceptors (Lipinski definition) is 4. The minimum atomic E-state index is -4.53. The maximum atomic E-state index is 13.5. The van der Waals surface area contributed by atoms with Crippen molar-refractivity contribution in [3.05, 3.63) is 70.3 Å². The molecule has 2 aromatic rings. The van der Waals surface area contributed by atoms with E-state index in [2.05, 4.69) is 11.4 Å². The Kier molecular flexibility index (Phi) is 4.84. The minimum Gasteiger partial charge on any atom is -0.460 e. The van der Waals surface area contributed by atoms with E-state index in [9.17, 15) is 23.2 Å². The van der Waals surface area contributed by atoms with Crippen LogP contribution in [0.1, 0.15) is 50.9 Å². The van der Waals surface area contributed by atoms with E-state index in [0.717, 1.165) is 11.8 Å². The smallest absolute Gasteiger partial charge is 0.417 e. The fourth-order valence-corrected chi connectivity index (χ4v) is 4.47. The molecular weight excluding hydrogens is 405 g/mol. The predicted octanol–water partition coefficient (Wildman–Crippen LogP) is 6.09. The van der Waals surface area contributed by atoms with E-state index in [0.29, 0.717) is 29.7 Å². The van der Waals surface area contributed by atoms with Crippen LogP contribution in [0.2, 0.25) is 0 Å². The molecule has 1 aliphatic carbocycles. The zero-order chi connectivity index (χ0) is 22.6. The second-order valence-electron chi connectivity index (χ2n) is 8.79. The monoisotopic (exact) mass is 426 g/mol. The standard InChI is InChI=1S/C24H21F3N2O2/c1-13-15(12-28)21(22-17(29-13)10-23(2,3)11-18(22)30)20-9-8-19(31-20)14-6-4-5-7-16(14)24(25,26)27/h4-9,21,29H,10-11H2,1-3H3. The zero-order valence-electron chi connectivity index (χ0n) is 17.4. The van der Waals surface area contributed by atoms with Gasteiger partial charge in [0.15, 0.2) is 5.78 Å². The number of carbonyl (C=O) groups is 1. The third kappa shape index (κ3) is 3.67. The molecule has 0 saturated carbocycles. The first-order valence-electron chi connectivity index (χ1n) is 9.92. The lowest BCUT2D eigenvalue weighted by atomic mass is 9.70. The molecule has 7 heteroatoms. The van der Waals surface area contributed by atoms with Gasteiger partial charge in [0, 0.05) is 29.0 Å². The Balaban J connectivity index is 1.84. The van der Waals surface area contributed by atoms with Gasteiger partial charge in [-0.05, 0) is 37.0 Å². The van der Waals surface area contributed by atoms with Gasteiger partial charge in [-0.3, -0.25) is 4.79 Å². The van der Waals surface area contributed by atoms with Gasteiger partial charge in [0.25, 0.3) is 0 Å². The normalized spacial score (nSPS) is 20.9. The summed E-state index contributed by atoms with van der Waals surface area (Å²) < 4.78 is 46.2. The molecule has 1 aromatic carbocycles. The molecule has 4 nitrogen and oxygen atoms in total. The van der Waals surface area contributed by atoms with Crippen molar-refractivity contribution >= 4 is 5.78 Å². The summed E-state index contributed by atoms with van der Waals surface area (Å²) in [6.45, 7) is 5.76. The van der Waals surface area contributed by atoms with Gasteiger partial charge in [-0.1, -0.05) is 32.0 Å². The number of dihydropyridines is 1. The van der Waals surface area contributed by atoms with E-state index in [1.54, 1.807) is 13.0 Å². The van der Waals surface area contributed by atoms with Crippen LogP contribution in [-0.4, -0.2) is 5.78 Å².